The van der Waals surface area contributed by atoms with Gasteiger partial charge in [-0.2, -0.15) is 0 Å². The maximum Gasteiger partial charge on any atom is 0.0516 e. The summed E-state index contributed by atoms with van der Waals surface area (Å²) in [4.78, 5) is 0. The quantitative estimate of drug-likeness (QED) is 0.353. The highest BCUT2D eigenvalue weighted by Crippen LogP contribution is 2.22. The van der Waals surface area contributed by atoms with Crippen LogP contribution in [0.25, 0.3) is 10.8 Å². The number of benzene rings is 2. The van der Waals surface area contributed by atoms with Gasteiger partial charge in [-0.15, -0.1) is 0 Å². The van der Waals surface area contributed by atoms with Gasteiger partial charge in [0.05, 0.1) is 2.43 Å². The average Bonchev–Trinajstić information content (AvgIpc) is 2.20. The Morgan fingerprint density at radius 1 is 0.929 bits per heavy atom. The molecule has 0 saturated carbocycles. The van der Waals surface area contributed by atoms with Crippen LogP contribution in [0, 0.1) is 0 Å². The van der Waals surface area contributed by atoms with Crippen LogP contribution in [0.4, 0.5) is 0 Å². The van der Waals surface area contributed by atoms with Gasteiger partial charge >= 0.3 is 0 Å². The second kappa shape index (κ2) is 7.00. The summed E-state index contributed by atoms with van der Waals surface area (Å²) in [5, 5.41) is 2.55. The molecule has 0 saturated heterocycles. The normalized spacial score (nSPS) is 9.36. The lowest BCUT2D eigenvalue weighted by atomic mass is 10.1. The molecule has 0 atom stereocenters. The van der Waals surface area contributed by atoms with E-state index in [0.717, 1.165) is 4.47 Å². The minimum atomic E-state index is 1.16. The molecule has 0 N–H and O–H groups in total. The fraction of sp³-hybridized carbons (Fsp3) is 0.0909. The van der Waals surface area contributed by atoms with Gasteiger partial charge in [-0.1, -0.05) is 97.5 Å². The highest BCUT2D eigenvalue weighted by molar-refractivity contribution is 14.2. The maximum absolute atomic E-state index is 3.50. The predicted molar refractivity (Wildman–Crippen MR) is 84.6 cm³/mol. The van der Waals surface area contributed by atoms with Crippen LogP contribution in [0.1, 0.15) is 0 Å². The second-order valence-electron chi connectivity index (χ2n) is 2.56. The van der Waals surface area contributed by atoms with Crippen molar-refractivity contribution in [3.05, 3.63) is 46.9 Å². The molecule has 0 nitrogen and oxygen atoms in total. The van der Waals surface area contributed by atoms with Crippen molar-refractivity contribution in [3.8, 4) is 0 Å². The summed E-state index contributed by atoms with van der Waals surface area (Å²) < 4.78 is 2.35. The van der Waals surface area contributed by atoms with Crippen LogP contribution < -0.4 is 0 Å². The monoisotopic (exact) mass is 474 g/mol. The molecule has 0 bridgehead atoms. The smallest absolute Gasteiger partial charge is 0.0516 e. The Morgan fingerprint density at radius 3 is 2.14 bits per heavy atom. The van der Waals surface area contributed by atoms with E-state index in [1.54, 1.807) is 0 Å². The molecule has 0 amide bonds. The lowest BCUT2D eigenvalue weighted by Gasteiger charge is -1.97. The van der Waals surface area contributed by atoms with Gasteiger partial charge < -0.3 is 0 Å². The summed E-state index contributed by atoms with van der Waals surface area (Å²) in [6, 6.07) is 14.5. The van der Waals surface area contributed by atoms with Crippen LogP contribution in [-0.4, -0.2) is 2.43 Å². The van der Waals surface area contributed by atoms with E-state index < -0.39 is 0 Å². The number of fused-ring (bicyclic) bond motifs is 1. The number of halogens is 3. The van der Waals surface area contributed by atoms with Crippen molar-refractivity contribution >= 4 is 71.9 Å². The first-order valence-electron chi connectivity index (χ1n) is 4.04. The van der Waals surface area contributed by atoms with Crippen molar-refractivity contribution in [2.75, 3.05) is 2.43 Å². The molecule has 0 aromatic heterocycles. The van der Waals surface area contributed by atoms with Crippen LogP contribution in [0.2, 0.25) is 0 Å². The molecule has 2 aromatic rings. The topological polar surface area (TPSA) is 0 Å². The van der Waals surface area contributed by atoms with Gasteiger partial charge in [0, 0.05) is 4.47 Å². The van der Waals surface area contributed by atoms with Crippen molar-refractivity contribution in [1.82, 2.24) is 0 Å². The number of hydrogen-bond donors (Lipinski definition) is 0. The fourth-order valence-electron chi connectivity index (χ4n) is 1.19. The Kier molecular flexibility index (Phi) is 6.36. The van der Waals surface area contributed by atoms with E-state index in [2.05, 4.69) is 91.4 Å². The van der Waals surface area contributed by atoms with Crippen molar-refractivity contribution in [3.63, 3.8) is 0 Å². The van der Waals surface area contributed by atoms with Crippen molar-refractivity contribution in [2.24, 2.45) is 0 Å². The maximum atomic E-state index is 3.50. The molecule has 0 aliphatic carbocycles. The van der Waals surface area contributed by atoms with Gasteiger partial charge in [-0.25, -0.2) is 0 Å². The predicted octanol–water partition coefficient (Wildman–Crippen LogP) is 5.42. The summed E-state index contributed by atoms with van der Waals surface area (Å²) in [6.07, 6.45) is 0. The van der Waals surface area contributed by atoms with Crippen LogP contribution in [-0.2, 0) is 0 Å². The molecule has 0 fully saturated rings. The molecule has 0 radical (unpaired) electrons. The molecule has 2 rings (SSSR count). The molecular formula is C11H9BrI2. The van der Waals surface area contributed by atoms with E-state index in [1.165, 1.54) is 13.2 Å². The molecule has 0 unspecified atom stereocenters. The summed E-state index contributed by atoms with van der Waals surface area (Å²) in [6.45, 7) is 0. The zero-order valence-corrected chi connectivity index (χ0v) is 13.3. The third-order valence-electron chi connectivity index (χ3n) is 1.74. The minimum Gasteiger partial charge on any atom is -0.0748 e. The zero-order chi connectivity index (χ0) is 10.4. The number of alkyl halides is 2. The van der Waals surface area contributed by atoms with Crippen LogP contribution in [0.3, 0.4) is 0 Å². The van der Waals surface area contributed by atoms with Gasteiger partial charge in [-0.05, 0) is 16.8 Å². The molecule has 0 heterocycles. The van der Waals surface area contributed by atoms with E-state index in [0.29, 0.717) is 0 Å². The van der Waals surface area contributed by atoms with Crippen LogP contribution in [0.5, 0.6) is 0 Å². The molecule has 74 valence electrons. The van der Waals surface area contributed by atoms with Gasteiger partial charge in [0.1, 0.15) is 0 Å². The molecule has 3 heteroatoms. The van der Waals surface area contributed by atoms with Crippen LogP contribution in [0.15, 0.2) is 46.9 Å². The molecule has 0 spiro atoms. The van der Waals surface area contributed by atoms with E-state index in [-0.39, 0.29) is 0 Å². The van der Waals surface area contributed by atoms with Gasteiger partial charge in [0.2, 0.25) is 0 Å². The summed E-state index contributed by atoms with van der Waals surface area (Å²) in [7, 11) is 0. The summed E-state index contributed by atoms with van der Waals surface area (Å²) in [5.74, 6) is 0. The lowest BCUT2D eigenvalue weighted by molar-refractivity contribution is 1.71. The van der Waals surface area contributed by atoms with E-state index in [9.17, 15) is 0 Å². The highest BCUT2D eigenvalue weighted by atomic mass is 127. The van der Waals surface area contributed by atoms with E-state index >= 15 is 0 Å². The Bertz CT molecular complexity index is 396. The molecule has 0 aliphatic heterocycles. The first-order chi connectivity index (χ1) is 6.79. The average molecular weight is 475 g/mol. The highest BCUT2D eigenvalue weighted by Gasteiger charge is 1.93. The number of hydrogen-bond acceptors (Lipinski definition) is 0. The van der Waals surface area contributed by atoms with Crippen molar-refractivity contribution in [2.45, 2.75) is 0 Å². The third kappa shape index (κ3) is 3.66. The Labute approximate surface area is 120 Å². The summed E-state index contributed by atoms with van der Waals surface area (Å²) in [5.41, 5.74) is 0. The lowest BCUT2D eigenvalue weighted by Crippen LogP contribution is -1.71. The van der Waals surface area contributed by atoms with Gasteiger partial charge in [0.15, 0.2) is 0 Å². The first kappa shape index (κ1) is 12.7. The standard InChI is InChI=1S/C10H7Br.CH2I2/c11-10-7-3-5-8-4-1-2-6-9(8)10;2-1-3/h1-7H;1H2. The second-order valence-corrected chi connectivity index (χ2v) is 7.86. The van der Waals surface area contributed by atoms with Gasteiger partial charge in [-0.3, -0.25) is 0 Å². The fourth-order valence-corrected chi connectivity index (χ4v) is 1.70. The Hall–Kier alpha value is 0.640. The van der Waals surface area contributed by atoms with Crippen molar-refractivity contribution in [1.29, 1.82) is 0 Å². The molecule has 0 aliphatic rings. The van der Waals surface area contributed by atoms with E-state index in [1.807, 2.05) is 12.1 Å². The first-order valence-corrected chi connectivity index (χ1v) is 7.89. The largest absolute Gasteiger partial charge is 0.0748 e. The van der Waals surface area contributed by atoms with Gasteiger partial charge in [0.25, 0.3) is 0 Å². The SMILES string of the molecule is Brc1cccc2ccccc12.ICI. The summed E-state index contributed by atoms with van der Waals surface area (Å²) >= 11 is 8.05. The number of rotatable bonds is 0. The molecule has 14 heavy (non-hydrogen) atoms. The molecular weight excluding hydrogens is 466 g/mol. The Balaban J connectivity index is 0.000000293. The Morgan fingerprint density at radius 2 is 1.50 bits per heavy atom. The van der Waals surface area contributed by atoms with E-state index in [4.69, 9.17) is 0 Å². The zero-order valence-electron chi connectivity index (χ0n) is 7.38. The minimum absolute atomic E-state index is 1.16. The van der Waals surface area contributed by atoms with Crippen molar-refractivity contribution < 1.29 is 0 Å². The van der Waals surface area contributed by atoms with Crippen LogP contribution >= 0.6 is 61.1 Å². The molecule has 2 aromatic carbocycles. The third-order valence-corrected chi connectivity index (χ3v) is 2.43.